The van der Waals surface area contributed by atoms with Gasteiger partial charge in [-0.25, -0.2) is 0 Å². The van der Waals surface area contributed by atoms with Crippen molar-refractivity contribution in [1.29, 1.82) is 0 Å². The lowest BCUT2D eigenvalue weighted by Crippen LogP contribution is -2.09. The largest absolute Gasteiger partial charge is 0.490 e. The molecule has 0 atom stereocenters. The van der Waals surface area contributed by atoms with Crippen LogP contribution in [0.4, 0.5) is 0 Å². The summed E-state index contributed by atoms with van der Waals surface area (Å²) in [6.07, 6.45) is 3.60. The van der Waals surface area contributed by atoms with Gasteiger partial charge in [-0.1, -0.05) is 13.8 Å². The zero-order valence-corrected chi connectivity index (χ0v) is 8.53. The van der Waals surface area contributed by atoms with Gasteiger partial charge in [-0.2, -0.15) is 0 Å². The molecule has 1 saturated carbocycles. The van der Waals surface area contributed by atoms with E-state index < -0.39 is 0 Å². The van der Waals surface area contributed by atoms with E-state index in [9.17, 15) is 0 Å². The number of rotatable bonds is 1. The van der Waals surface area contributed by atoms with E-state index in [4.69, 9.17) is 4.74 Å². The van der Waals surface area contributed by atoms with Gasteiger partial charge in [0.25, 0.3) is 0 Å². The molecule has 1 N–H and O–H groups in total. The molecule has 0 bridgehead atoms. The van der Waals surface area contributed by atoms with E-state index in [0.717, 1.165) is 12.2 Å². The Labute approximate surface area is 75.0 Å². The summed E-state index contributed by atoms with van der Waals surface area (Å²) >= 11 is 0. The Balaban J connectivity index is 0.000000336. The van der Waals surface area contributed by atoms with Crippen molar-refractivity contribution >= 4 is 0 Å². The molecule has 0 unspecified atom stereocenters. The van der Waals surface area contributed by atoms with E-state index in [1.165, 1.54) is 18.5 Å². The summed E-state index contributed by atoms with van der Waals surface area (Å²) in [5, 5.41) is 3.16. The quantitative estimate of drug-likeness (QED) is 0.651. The summed E-state index contributed by atoms with van der Waals surface area (Å²) < 4.78 is 5.68. The van der Waals surface area contributed by atoms with E-state index in [0.29, 0.717) is 0 Å². The van der Waals surface area contributed by atoms with Gasteiger partial charge in [-0.15, -0.1) is 0 Å². The Morgan fingerprint density at radius 1 is 1.33 bits per heavy atom. The topological polar surface area (TPSA) is 21.3 Å². The molecule has 1 spiro atoms. The Morgan fingerprint density at radius 3 is 2.17 bits per heavy atom. The van der Waals surface area contributed by atoms with Crippen LogP contribution in [0.3, 0.4) is 0 Å². The van der Waals surface area contributed by atoms with Crippen LogP contribution in [0.1, 0.15) is 40.0 Å². The highest BCUT2D eigenvalue weighted by Crippen LogP contribution is 2.50. The van der Waals surface area contributed by atoms with Crippen molar-refractivity contribution in [3.8, 4) is 0 Å². The fourth-order valence-corrected chi connectivity index (χ4v) is 1.55. The van der Waals surface area contributed by atoms with E-state index in [1.807, 2.05) is 27.8 Å². The average Bonchev–Trinajstić information content (AvgIpc) is 2.75. The second-order valence-electron chi connectivity index (χ2n) is 3.25. The first kappa shape index (κ1) is 9.43. The van der Waals surface area contributed by atoms with Crippen LogP contribution in [0.15, 0.2) is 11.5 Å². The number of ether oxygens (including phenoxy) is 1. The van der Waals surface area contributed by atoms with Crippen LogP contribution in [0.2, 0.25) is 0 Å². The van der Waals surface area contributed by atoms with Gasteiger partial charge in [0.05, 0.1) is 5.70 Å². The van der Waals surface area contributed by atoms with Crippen LogP contribution in [-0.4, -0.2) is 12.6 Å². The monoisotopic (exact) mass is 169 g/mol. The van der Waals surface area contributed by atoms with Crippen LogP contribution >= 0.6 is 0 Å². The molecule has 70 valence electrons. The lowest BCUT2D eigenvalue weighted by Gasteiger charge is -2.06. The molecule has 0 aromatic heterocycles. The number of hydrogen-bond donors (Lipinski definition) is 1. The number of hydrogen-bond acceptors (Lipinski definition) is 2. The van der Waals surface area contributed by atoms with Gasteiger partial charge < -0.3 is 10.1 Å². The summed E-state index contributed by atoms with van der Waals surface area (Å²) in [5.74, 6) is 1.10. The van der Waals surface area contributed by atoms with Crippen molar-refractivity contribution in [2.24, 2.45) is 0 Å². The molecule has 2 heteroatoms. The SMILES string of the molecule is CC.CNC1=C(C)OC2(CC2)C1. The van der Waals surface area contributed by atoms with Crippen molar-refractivity contribution in [2.45, 2.75) is 45.6 Å². The van der Waals surface area contributed by atoms with Gasteiger partial charge >= 0.3 is 0 Å². The summed E-state index contributed by atoms with van der Waals surface area (Å²) in [5.41, 5.74) is 1.54. The number of nitrogens with one attached hydrogen (secondary N) is 1. The van der Waals surface area contributed by atoms with Gasteiger partial charge in [0.1, 0.15) is 11.4 Å². The predicted octanol–water partition coefficient (Wildman–Crippen LogP) is 2.42. The third-order valence-electron chi connectivity index (χ3n) is 2.40. The molecule has 1 fully saturated rings. The fourth-order valence-electron chi connectivity index (χ4n) is 1.55. The van der Waals surface area contributed by atoms with E-state index in [-0.39, 0.29) is 5.60 Å². The lowest BCUT2D eigenvalue weighted by atomic mass is 10.2. The van der Waals surface area contributed by atoms with Crippen LogP contribution in [0, 0.1) is 0 Å². The molecule has 0 radical (unpaired) electrons. The highest BCUT2D eigenvalue weighted by molar-refractivity contribution is 5.20. The van der Waals surface area contributed by atoms with Crippen LogP contribution < -0.4 is 5.32 Å². The summed E-state index contributed by atoms with van der Waals surface area (Å²) in [7, 11) is 1.96. The Hall–Kier alpha value is -0.660. The smallest absolute Gasteiger partial charge is 0.114 e. The average molecular weight is 169 g/mol. The minimum Gasteiger partial charge on any atom is -0.490 e. The van der Waals surface area contributed by atoms with E-state index in [2.05, 4.69) is 5.32 Å². The number of allylic oxidation sites excluding steroid dienone is 1. The van der Waals surface area contributed by atoms with Crippen molar-refractivity contribution in [3.05, 3.63) is 11.5 Å². The fraction of sp³-hybridized carbons (Fsp3) is 0.800. The molecule has 2 aliphatic rings. The van der Waals surface area contributed by atoms with Gasteiger partial charge in [-0.3, -0.25) is 0 Å². The third kappa shape index (κ3) is 1.57. The molecule has 1 aliphatic carbocycles. The van der Waals surface area contributed by atoms with E-state index >= 15 is 0 Å². The maximum Gasteiger partial charge on any atom is 0.114 e. The normalized spacial score (nSPS) is 23.0. The maximum absolute atomic E-state index is 5.68. The Bertz CT molecular complexity index is 192. The van der Waals surface area contributed by atoms with Crippen molar-refractivity contribution in [2.75, 3.05) is 7.05 Å². The van der Waals surface area contributed by atoms with Crippen LogP contribution in [-0.2, 0) is 4.74 Å². The maximum atomic E-state index is 5.68. The molecule has 1 aliphatic heterocycles. The van der Waals surface area contributed by atoms with Crippen LogP contribution in [0.5, 0.6) is 0 Å². The summed E-state index contributed by atoms with van der Waals surface area (Å²) in [6, 6.07) is 0. The highest BCUT2D eigenvalue weighted by atomic mass is 16.5. The molecule has 0 saturated heterocycles. The second-order valence-corrected chi connectivity index (χ2v) is 3.25. The van der Waals surface area contributed by atoms with Gasteiger partial charge in [0.15, 0.2) is 0 Å². The van der Waals surface area contributed by atoms with Crippen LogP contribution in [0.25, 0.3) is 0 Å². The minimum atomic E-state index is 0.252. The van der Waals surface area contributed by atoms with E-state index in [1.54, 1.807) is 0 Å². The molecular formula is C10H19NO. The molecule has 0 amide bonds. The molecule has 0 aromatic carbocycles. The first-order valence-corrected chi connectivity index (χ1v) is 4.82. The van der Waals surface area contributed by atoms with Gasteiger partial charge in [0.2, 0.25) is 0 Å². The Kier molecular flexibility index (Phi) is 2.65. The zero-order chi connectivity index (χ0) is 9.19. The summed E-state index contributed by atoms with van der Waals surface area (Å²) in [6.45, 7) is 6.04. The molecule has 2 nitrogen and oxygen atoms in total. The lowest BCUT2D eigenvalue weighted by molar-refractivity contribution is 0.123. The van der Waals surface area contributed by atoms with Gasteiger partial charge in [-0.05, 0) is 19.8 Å². The van der Waals surface area contributed by atoms with Crippen molar-refractivity contribution in [3.63, 3.8) is 0 Å². The van der Waals surface area contributed by atoms with Gasteiger partial charge in [0, 0.05) is 13.5 Å². The molecule has 2 rings (SSSR count). The molecule has 12 heavy (non-hydrogen) atoms. The second kappa shape index (κ2) is 3.38. The predicted molar refractivity (Wildman–Crippen MR) is 50.8 cm³/mol. The first-order chi connectivity index (χ1) is 5.76. The minimum absolute atomic E-state index is 0.252. The zero-order valence-electron chi connectivity index (χ0n) is 8.53. The molecule has 0 aromatic rings. The van der Waals surface area contributed by atoms with Crippen molar-refractivity contribution < 1.29 is 4.74 Å². The standard InChI is InChI=1S/C8H13NO.C2H6/c1-6-7(9-2)5-8(10-6)3-4-8;1-2/h9H,3-5H2,1-2H3;1-2H3. The Morgan fingerprint density at radius 2 is 1.92 bits per heavy atom. The molecule has 1 heterocycles. The highest BCUT2D eigenvalue weighted by Gasteiger charge is 2.49. The summed E-state index contributed by atoms with van der Waals surface area (Å²) in [4.78, 5) is 0. The van der Waals surface area contributed by atoms with Crippen molar-refractivity contribution in [1.82, 2.24) is 5.32 Å². The third-order valence-corrected chi connectivity index (χ3v) is 2.40. The molecular weight excluding hydrogens is 150 g/mol. The first-order valence-electron chi connectivity index (χ1n) is 4.82.